The van der Waals surface area contributed by atoms with E-state index in [1.807, 2.05) is 0 Å². The maximum Gasteiger partial charge on any atom is 0.264 e. The Morgan fingerprint density at radius 3 is 2.58 bits per heavy atom. The van der Waals surface area contributed by atoms with Crippen LogP contribution < -0.4 is 5.32 Å². The van der Waals surface area contributed by atoms with Crippen molar-refractivity contribution in [1.82, 2.24) is 10.2 Å². The molecule has 8 heteroatoms. The van der Waals surface area contributed by atoms with Crippen molar-refractivity contribution in [3.8, 4) is 0 Å². The summed E-state index contributed by atoms with van der Waals surface area (Å²) in [5.41, 5.74) is 0. The minimum absolute atomic E-state index is 0.168. The summed E-state index contributed by atoms with van der Waals surface area (Å²) in [5, 5.41) is 3.89. The Hall–Kier alpha value is -1.15. The van der Waals surface area contributed by atoms with Crippen LogP contribution in [-0.2, 0) is 10.1 Å². The molecule has 2 aliphatic heterocycles. The summed E-state index contributed by atoms with van der Waals surface area (Å²) in [6.45, 7) is 5.11. The molecular weight excluding hydrogens is 436 g/mol. The van der Waals surface area contributed by atoms with Crippen LogP contribution in [0.2, 0.25) is 0 Å². The fourth-order valence-electron chi connectivity index (χ4n) is 7.63. The second-order valence-corrected chi connectivity index (χ2v) is 13.2. The van der Waals surface area contributed by atoms with Crippen molar-refractivity contribution >= 4 is 21.8 Å². The zero-order chi connectivity index (χ0) is 23.2. The number of nitrogens with zero attached hydrogens (tertiary/aromatic N) is 3. The number of rotatable bonds is 6. The molecule has 186 valence electrons. The third-order valence-electron chi connectivity index (χ3n) is 9.27. The van der Waals surface area contributed by atoms with E-state index in [1.54, 1.807) is 0 Å². The van der Waals surface area contributed by atoms with Gasteiger partial charge in [0, 0.05) is 18.5 Å². The molecule has 5 rings (SSSR count). The van der Waals surface area contributed by atoms with Gasteiger partial charge in [-0.15, -0.1) is 0 Å². The monoisotopic (exact) mass is 478 g/mol. The van der Waals surface area contributed by atoms with Gasteiger partial charge < -0.3 is 10.2 Å². The molecule has 2 heterocycles. The Balaban J connectivity index is 1.13. The topological polar surface area (TPSA) is 94.4 Å². The normalized spacial score (nSPS) is 41.1. The summed E-state index contributed by atoms with van der Waals surface area (Å²) in [7, 11) is -3.89. The van der Waals surface area contributed by atoms with Gasteiger partial charge in [-0.25, -0.2) is 0 Å². The zero-order valence-corrected chi connectivity index (χ0v) is 21.1. The molecule has 2 N–H and O–H groups in total. The molecule has 0 amide bonds. The van der Waals surface area contributed by atoms with Crippen molar-refractivity contribution in [1.29, 1.82) is 0 Å². The Morgan fingerprint density at radius 2 is 1.79 bits per heavy atom. The predicted octanol–water partition coefficient (Wildman–Crippen LogP) is 3.90. The molecule has 3 aliphatic carbocycles. The van der Waals surface area contributed by atoms with E-state index in [-0.39, 0.29) is 5.75 Å². The lowest BCUT2D eigenvalue weighted by Gasteiger charge is -2.42. The SMILES string of the molecule is CC1=NC2CC(C3CCC4N=C(C5CCCC(C)C5)NC4C3)CCC2N1CCCS(=O)(=O)O. The summed E-state index contributed by atoms with van der Waals surface area (Å²) < 4.78 is 31.2. The van der Waals surface area contributed by atoms with Crippen molar-refractivity contribution in [2.24, 2.45) is 33.7 Å². The van der Waals surface area contributed by atoms with Gasteiger partial charge in [-0.05, 0) is 82.5 Å². The second-order valence-electron chi connectivity index (χ2n) is 11.6. The van der Waals surface area contributed by atoms with Crippen molar-refractivity contribution in [3.05, 3.63) is 0 Å². The van der Waals surface area contributed by atoms with Gasteiger partial charge in [0.1, 0.15) is 5.84 Å². The van der Waals surface area contributed by atoms with Gasteiger partial charge in [-0.1, -0.05) is 19.8 Å². The minimum atomic E-state index is -3.89. The number of hydrogen-bond acceptors (Lipinski definition) is 6. The Labute approximate surface area is 199 Å². The molecule has 8 atom stereocenters. The van der Waals surface area contributed by atoms with Crippen LogP contribution >= 0.6 is 0 Å². The van der Waals surface area contributed by atoms with Crippen LogP contribution in [0, 0.1) is 23.7 Å². The van der Waals surface area contributed by atoms with Crippen LogP contribution in [0.15, 0.2) is 9.98 Å². The van der Waals surface area contributed by atoms with Gasteiger partial charge in [0.15, 0.2) is 0 Å². The van der Waals surface area contributed by atoms with Gasteiger partial charge in [0.25, 0.3) is 10.1 Å². The van der Waals surface area contributed by atoms with E-state index in [1.165, 1.54) is 57.2 Å². The molecule has 7 nitrogen and oxygen atoms in total. The van der Waals surface area contributed by atoms with E-state index in [0.717, 1.165) is 36.4 Å². The molecule has 0 spiro atoms. The Kier molecular flexibility index (Phi) is 6.77. The van der Waals surface area contributed by atoms with Crippen LogP contribution in [0.3, 0.4) is 0 Å². The minimum Gasteiger partial charge on any atom is -0.369 e. The van der Waals surface area contributed by atoms with Gasteiger partial charge >= 0.3 is 0 Å². The number of aliphatic imine (C=N–C) groups is 2. The highest BCUT2D eigenvalue weighted by Crippen LogP contribution is 2.44. The molecule has 5 aliphatic rings. The van der Waals surface area contributed by atoms with Crippen molar-refractivity contribution < 1.29 is 13.0 Å². The van der Waals surface area contributed by atoms with Gasteiger partial charge in [-0.2, -0.15) is 8.42 Å². The summed E-state index contributed by atoms with van der Waals surface area (Å²) in [5.74, 6) is 5.21. The molecule has 0 radical (unpaired) electrons. The fourth-order valence-corrected chi connectivity index (χ4v) is 8.12. The van der Waals surface area contributed by atoms with Gasteiger partial charge in [0.05, 0.1) is 29.7 Å². The molecule has 3 fully saturated rings. The number of hydrogen-bond donors (Lipinski definition) is 2. The highest BCUT2D eigenvalue weighted by molar-refractivity contribution is 7.85. The fraction of sp³-hybridized carbons (Fsp3) is 0.920. The first-order valence-corrected chi connectivity index (χ1v) is 15.0. The largest absolute Gasteiger partial charge is 0.369 e. The second kappa shape index (κ2) is 9.48. The van der Waals surface area contributed by atoms with E-state index < -0.39 is 10.1 Å². The van der Waals surface area contributed by atoms with E-state index >= 15 is 0 Å². The molecule has 8 unspecified atom stereocenters. The smallest absolute Gasteiger partial charge is 0.264 e. The summed E-state index contributed by atoms with van der Waals surface area (Å²) in [6.07, 6.45) is 13.1. The molecule has 0 saturated heterocycles. The summed E-state index contributed by atoms with van der Waals surface area (Å²) >= 11 is 0. The van der Waals surface area contributed by atoms with Crippen LogP contribution in [0.25, 0.3) is 0 Å². The lowest BCUT2D eigenvalue weighted by molar-refractivity contribution is 0.129. The van der Waals surface area contributed by atoms with Crippen LogP contribution in [0.5, 0.6) is 0 Å². The van der Waals surface area contributed by atoms with Crippen LogP contribution in [-0.4, -0.2) is 66.0 Å². The molecule has 33 heavy (non-hydrogen) atoms. The van der Waals surface area contributed by atoms with E-state index in [4.69, 9.17) is 14.5 Å². The van der Waals surface area contributed by atoms with Crippen molar-refractivity contribution in [2.75, 3.05) is 12.3 Å². The maximum absolute atomic E-state index is 11.1. The van der Waals surface area contributed by atoms with E-state index in [2.05, 4.69) is 24.1 Å². The van der Waals surface area contributed by atoms with E-state index in [9.17, 15) is 8.42 Å². The molecule has 0 bridgehead atoms. The molecule has 3 saturated carbocycles. The van der Waals surface area contributed by atoms with Gasteiger partial charge in [0.2, 0.25) is 0 Å². The first-order chi connectivity index (χ1) is 15.8. The quantitative estimate of drug-likeness (QED) is 0.565. The standard InChI is InChI=1S/C25H42N4O3S/c1-16-5-3-6-20(13-16)25-27-21-9-7-18(14-22(21)28-25)19-8-10-24-23(15-19)26-17(2)29(24)11-4-12-33(30,31)32/h16,18-24H,3-15H2,1-2H3,(H,27,28)(H,30,31,32). The first-order valence-electron chi connectivity index (χ1n) is 13.4. The number of amidine groups is 2. The average molecular weight is 479 g/mol. The number of fused-ring (bicyclic) bond motifs is 2. The highest BCUT2D eigenvalue weighted by atomic mass is 32.2. The third-order valence-corrected chi connectivity index (χ3v) is 10.1. The third kappa shape index (κ3) is 5.26. The molecular formula is C25H42N4O3S. The average Bonchev–Trinajstić information content (AvgIpc) is 3.32. The predicted molar refractivity (Wildman–Crippen MR) is 132 cm³/mol. The maximum atomic E-state index is 11.1. The molecule has 0 aromatic heterocycles. The van der Waals surface area contributed by atoms with Crippen LogP contribution in [0.1, 0.15) is 84.5 Å². The molecule has 0 aromatic carbocycles. The Bertz CT molecular complexity index is 888. The van der Waals surface area contributed by atoms with Crippen molar-refractivity contribution in [3.63, 3.8) is 0 Å². The lowest BCUT2D eigenvalue weighted by Crippen LogP contribution is -2.46. The highest BCUT2D eigenvalue weighted by Gasteiger charge is 2.44. The van der Waals surface area contributed by atoms with Crippen LogP contribution in [0.4, 0.5) is 0 Å². The van der Waals surface area contributed by atoms with E-state index in [0.29, 0.717) is 43.1 Å². The Morgan fingerprint density at radius 1 is 1.00 bits per heavy atom. The lowest BCUT2D eigenvalue weighted by atomic mass is 9.69. The molecule has 0 aromatic rings. The van der Waals surface area contributed by atoms with Gasteiger partial charge in [-0.3, -0.25) is 14.5 Å². The number of nitrogens with one attached hydrogen (secondary N) is 1. The summed E-state index contributed by atoms with van der Waals surface area (Å²) in [4.78, 5) is 12.5. The van der Waals surface area contributed by atoms with Crippen molar-refractivity contribution in [2.45, 2.75) is 109 Å². The zero-order valence-electron chi connectivity index (χ0n) is 20.3. The first kappa shape index (κ1) is 23.6. The summed E-state index contributed by atoms with van der Waals surface area (Å²) in [6, 6.07) is 1.79.